The molecule has 3 aromatic rings. The van der Waals surface area contributed by atoms with E-state index in [0.717, 1.165) is 5.56 Å². The van der Waals surface area contributed by atoms with Gasteiger partial charge < -0.3 is 9.47 Å². The maximum absolute atomic E-state index is 13.2. The van der Waals surface area contributed by atoms with Gasteiger partial charge in [-0.3, -0.25) is 9.67 Å². The van der Waals surface area contributed by atoms with Crippen LogP contribution in [0.1, 0.15) is 0 Å². The minimum atomic E-state index is -0.312. The first kappa shape index (κ1) is 15.2. The molecule has 3 rings (SSSR count). The summed E-state index contributed by atoms with van der Waals surface area (Å²) in [6, 6.07) is 11.4. The van der Waals surface area contributed by atoms with E-state index in [9.17, 15) is 4.39 Å². The number of ether oxygens (including phenoxy) is 2. The summed E-state index contributed by atoms with van der Waals surface area (Å²) in [4.78, 5) is 0. The van der Waals surface area contributed by atoms with Gasteiger partial charge in [-0.05, 0) is 48.6 Å². The molecule has 0 atom stereocenters. The molecule has 5 nitrogen and oxygen atoms in total. The summed E-state index contributed by atoms with van der Waals surface area (Å²) < 4.78 is 26.0. The predicted octanol–water partition coefficient (Wildman–Crippen LogP) is 3.75. The average Bonchev–Trinajstić information content (AvgIpc) is 2.96. The van der Waals surface area contributed by atoms with Crippen LogP contribution < -0.4 is 9.47 Å². The van der Waals surface area contributed by atoms with Crippen LogP contribution in [-0.2, 0) is 0 Å². The number of H-pyrrole nitrogens is 1. The third-order valence-electron chi connectivity index (χ3n) is 3.40. The molecule has 2 aromatic carbocycles. The highest BCUT2D eigenvalue weighted by atomic mass is 32.1. The lowest BCUT2D eigenvalue weighted by Gasteiger charge is -2.13. The topological polar surface area (TPSA) is 52.1 Å². The van der Waals surface area contributed by atoms with E-state index in [1.54, 1.807) is 49.1 Å². The van der Waals surface area contributed by atoms with Crippen LogP contribution in [0.25, 0.3) is 17.1 Å². The summed E-state index contributed by atoms with van der Waals surface area (Å²) in [6.45, 7) is 0. The summed E-state index contributed by atoms with van der Waals surface area (Å²) in [5.74, 6) is 1.52. The van der Waals surface area contributed by atoms with Crippen molar-refractivity contribution in [1.29, 1.82) is 0 Å². The van der Waals surface area contributed by atoms with Gasteiger partial charge in [-0.1, -0.05) is 0 Å². The lowest BCUT2D eigenvalue weighted by molar-refractivity contribution is 0.401. The molecule has 1 aromatic heterocycles. The molecule has 0 fully saturated rings. The van der Waals surface area contributed by atoms with E-state index in [0.29, 0.717) is 27.8 Å². The van der Waals surface area contributed by atoms with E-state index in [2.05, 4.69) is 10.2 Å². The molecule has 0 amide bonds. The third kappa shape index (κ3) is 2.83. The van der Waals surface area contributed by atoms with Crippen molar-refractivity contribution in [2.45, 2.75) is 0 Å². The molecule has 7 heteroatoms. The number of nitrogens with one attached hydrogen (secondary N) is 1. The van der Waals surface area contributed by atoms with Crippen molar-refractivity contribution in [2.75, 3.05) is 14.2 Å². The second kappa shape index (κ2) is 6.21. The molecule has 0 saturated heterocycles. The van der Waals surface area contributed by atoms with Crippen molar-refractivity contribution < 1.29 is 13.9 Å². The van der Waals surface area contributed by atoms with Crippen LogP contribution in [0.15, 0.2) is 42.5 Å². The van der Waals surface area contributed by atoms with Gasteiger partial charge in [0.1, 0.15) is 17.3 Å². The Bertz CT molecular complexity index is 887. The standard InChI is InChI=1S/C16H14FN3O2S/c1-21-12-7-8-14(22-2)13(9-12)20-15(18-19-16(20)23)10-3-5-11(17)6-4-10/h3-9H,1-2H3,(H,19,23). The highest BCUT2D eigenvalue weighted by Crippen LogP contribution is 2.31. The predicted molar refractivity (Wildman–Crippen MR) is 87.2 cm³/mol. The minimum absolute atomic E-state index is 0.312. The van der Waals surface area contributed by atoms with Gasteiger partial charge in [0.2, 0.25) is 0 Å². The van der Waals surface area contributed by atoms with Gasteiger partial charge in [-0.25, -0.2) is 4.39 Å². The monoisotopic (exact) mass is 331 g/mol. The Kier molecular flexibility index (Phi) is 4.12. The second-order valence-corrected chi connectivity index (χ2v) is 5.12. The fraction of sp³-hybridized carbons (Fsp3) is 0.125. The highest BCUT2D eigenvalue weighted by molar-refractivity contribution is 7.71. The van der Waals surface area contributed by atoms with Gasteiger partial charge in [-0.2, -0.15) is 5.10 Å². The van der Waals surface area contributed by atoms with Crippen molar-refractivity contribution >= 4 is 12.2 Å². The molecule has 0 aliphatic heterocycles. The van der Waals surface area contributed by atoms with Crippen molar-refractivity contribution in [1.82, 2.24) is 14.8 Å². The lowest BCUT2D eigenvalue weighted by Crippen LogP contribution is -2.01. The fourth-order valence-electron chi connectivity index (χ4n) is 2.28. The summed E-state index contributed by atoms with van der Waals surface area (Å²) in [6.07, 6.45) is 0. The molecule has 1 N–H and O–H groups in total. The summed E-state index contributed by atoms with van der Waals surface area (Å²) in [5, 5.41) is 7.01. The van der Waals surface area contributed by atoms with E-state index in [1.165, 1.54) is 12.1 Å². The molecule has 23 heavy (non-hydrogen) atoms. The van der Waals surface area contributed by atoms with Gasteiger partial charge in [0.15, 0.2) is 10.6 Å². The minimum Gasteiger partial charge on any atom is -0.497 e. The molecule has 0 bridgehead atoms. The maximum atomic E-state index is 13.2. The summed E-state index contributed by atoms with van der Waals surface area (Å²) in [5.41, 5.74) is 1.41. The first-order valence-electron chi connectivity index (χ1n) is 6.80. The van der Waals surface area contributed by atoms with Crippen molar-refractivity contribution in [3.05, 3.63) is 53.1 Å². The van der Waals surface area contributed by atoms with E-state index < -0.39 is 0 Å². The van der Waals surface area contributed by atoms with E-state index >= 15 is 0 Å². The Labute approximate surface area is 137 Å². The largest absolute Gasteiger partial charge is 0.497 e. The quantitative estimate of drug-likeness (QED) is 0.740. The van der Waals surface area contributed by atoms with Crippen molar-refractivity contribution in [2.24, 2.45) is 0 Å². The van der Waals surface area contributed by atoms with Gasteiger partial charge in [-0.15, -0.1) is 0 Å². The smallest absolute Gasteiger partial charge is 0.200 e. The van der Waals surface area contributed by atoms with Gasteiger partial charge in [0.05, 0.1) is 19.9 Å². The van der Waals surface area contributed by atoms with Crippen LogP contribution in [0.2, 0.25) is 0 Å². The number of hydrogen-bond acceptors (Lipinski definition) is 4. The molecule has 0 aliphatic rings. The average molecular weight is 331 g/mol. The number of benzene rings is 2. The molecule has 0 radical (unpaired) electrons. The van der Waals surface area contributed by atoms with Crippen molar-refractivity contribution in [3.8, 4) is 28.6 Å². The molecule has 0 unspecified atom stereocenters. The number of rotatable bonds is 4. The lowest BCUT2D eigenvalue weighted by atomic mass is 10.2. The molecule has 0 saturated carbocycles. The van der Waals surface area contributed by atoms with Crippen molar-refractivity contribution in [3.63, 3.8) is 0 Å². The Morgan fingerprint density at radius 1 is 1.09 bits per heavy atom. The van der Waals surface area contributed by atoms with Crippen LogP contribution in [0.3, 0.4) is 0 Å². The summed E-state index contributed by atoms with van der Waals surface area (Å²) >= 11 is 5.34. The molecular formula is C16H14FN3O2S. The Morgan fingerprint density at radius 2 is 1.83 bits per heavy atom. The molecular weight excluding hydrogens is 317 g/mol. The zero-order valence-corrected chi connectivity index (χ0v) is 13.4. The van der Waals surface area contributed by atoms with Crippen LogP contribution in [-0.4, -0.2) is 29.0 Å². The van der Waals surface area contributed by atoms with Crippen LogP contribution in [0, 0.1) is 10.6 Å². The van der Waals surface area contributed by atoms with Gasteiger partial charge in [0, 0.05) is 11.6 Å². The molecule has 0 spiro atoms. The fourth-order valence-corrected chi connectivity index (χ4v) is 2.52. The van der Waals surface area contributed by atoms with E-state index in [1.807, 2.05) is 0 Å². The summed E-state index contributed by atoms with van der Waals surface area (Å²) in [7, 11) is 3.16. The zero-order valence-electron chi connectivity index (χ0n) is 12.5. The highest BCUT2D eigenvalue weighted by Gasteiger charge is 2.15. The van der Waals surface area contributed by atoms with E-state index in [4.69, 9.17) is 21.7 Å². The Hall–Kier alpha value is -2.67. The maximum Gasteiger partial charge on any atom is 0.200 e. The van der Waals surface area contributed by atoms with E-state index in [-0.39, 0.29) is 5.82 Å². The first-order chi connectivity index (χ1) is 11.1. The normalized spacial score (nSPS) is 10.6. The van der Waals surface area contributed by atoms with Gasteiger partial charge >= 0.3 is 0 Å². The Balaban J connectivity index is 2.23. The van der Waals surface area contributed by atoms with Gasteiger partial charge in [0.25, 0.3) is 0 Å². The third-order valence-corrected chi connectivity index (χ3v) is 3.68. The second-order valence-electron chi connectivity index (χ2n) is 4.73. The van der Waals surface area contributed by atoms with Crippen LogP contribution >= 0.6 is 12.2 Å². The molecule has 1 heterocycles. The Morgan fingerprint density at radius 3 is 2.48 bits per heavy atom. The van der Waals surface area contributed by atoms with Crippen LogP contribution in [0.5, 0.6) is 11.5 Å². The number of halogens is 1. The molecule has 118 valence electrons. The SMILES string of the molecule is COc1ccc(OC)c(-n2c(-c3ccc(F)cc3)n[nH]c2=S)c1. The number of hydrogen-bond donors (Lipinski definition) is 1. The first-order valence-corrected chi connectivity index (χ1v) is 7.20. The number of aromatic amines is 1. The van der Waals surface area contributed by atoms with Crippen LogP contribution in [0.4, 0.5) is 4.39 Å². The molecule has 0 aliphatic carbocycles. The number of methoxy groups -OCH3 is 2. The zero-order chi connectivity index (χ0) is 16.4. The number of nitrogens with zero attached hydrogens (tertiary/aromatic N) is 2. The number of aromatic nitrogens is 3.